The molecule has 9 atom stereocenters. The summed E-state index contributed by atoms with van der Waals surface area (Å²) in [6.45, 7) is 6.19. The summed E-state index contributed by atoms with van der Waals surface area (Å²) in [5, 5.41) is 32.2. The smallest absolute Gasteiger partial charge is 0.190 e. The van der Waals surface area contributed by atoms with Gasteiger partial charge in [0.25, 0.3) is 0 Å². The van der Waals surface area contributed by atoms with Crippen LogP contribution in [0.2, 0.25) is 0 Å². The molecule has 0 heterocycles. The number of rotatable bonds is 5. The number of ether oxygens (including phenoxy) is 1. The third kappa shape index (κ3) is 4.07. The van der Waals surface area contributed by atoms with Gasteiger partial charge in [-0.1, -0.05) is 39.0 Å². The van der Waals surface area contributed by atoms with Crippen LogP contribution in [0.15, 0.2) is 48.1 Å². The molecular formula is C30H37F3O6. The van der Waals surface area contributed by atoms with E-state index in [1.165, 1.54) is 37.3 Å². The number of ketones is 2. The van der Waals surface area contributed by atoms with E-state index >= 15 is 8.78 Å². The Bertz CT molecular complexity index is 1200. The highest BCUT2D eigenvalue weighted by Crippen LogP contribution is 2.70. The van der Waals surface area contributed by atoms with Crippen molar-refractivity contribution in [3.63, 3.8) is 0 Å². The number of aliphatic hydroxyl groups is 3. The van der Waals surface area contributed by atoms with Gasteiger partial charge in [0.2, 0.25) is 0 Å². The van der Waals surface area contributed by atoms with E-state index in [1.54, 1.807) is 6.92 Å². The number of halogens is 3. The lowest BCUT2D eigenvalue weighted by Gasteiger charge is -2.63. The van der Waals surface area contributed by atoms with E-state index in [-0.39, 0.29) is 36.8 Å². The van der Waals surface area contributed by atoms with Crippen molar-refractivity contribution in [2.24, 2.45) is 22.7 Å². The highest BCUT2D eigenvalue weighted by Gasteiger charge is 2.76. The van der Waals surface area contributed by atoms with E-state index in [9.17, 15) is 29.3 Å². The minimum absolute atomic E-state index is 0.00475. The fraction of sp³-hybridized carbons (Fsp3) is 0.600. The third-order valence-corrected chi connectivity index (χ3v) is 9.79. The zero-order chi connectivity index (χ0) is 29.0. The molecule has 6 nitrogen and oxygen atoms in total. The molecule has 0 amide bonds. The standard InChI is InChI=1S/C28H31F3O6.C2H6/c1-25-8-6-17(33)11-20(25)21(30)12-19-18-7-9-27(23(35)14-32,26(18,2)13-22(34)28(19,25)31)37-24(36)15-4-3-5-16(29)10-15;1-2/h3-6,8,10-11,18-19,21-22,24,32,34,36H,7,9,12-14H2,1-2H3;1-2H3/t18?,19?,21-,22?,24?,25?,26?,27?,28-;/m0./s1. The Hall–Kier alpha value is -2.33. The largest absolute Gasteiger partial charge is 0.390 e. The number of Topliss-reactive ketones (excluding diaryl/α,β-unsaturated/α-hetero) is 1. The SMILES string of the molecule is CC.CC12CC(O)[C@@]3(F)C(C[C@H](F)C4=CC(=O)C=CC43C)C1CCC2(OC(O)c1cccc(F)c1)C(=O)CO. The molecule has 0 aliphatic heterocycles. The Morgan fingerprint density at radius 2 is 1.92 bits per heavy atom. The first-order valence-corrected chi connectivity index (χ1v) is 13.6. The summed E-state index contributed by atoms with van der Waals surface area (Å²) in [5.74, 6) is -3.52. The minimum Gasteiger partial charge on any atom is -0.390 e. The van der Waals surface area contributed by atoms with Crippen LogP contribution in [0.25, 0.3) is 0 Å². The Morgan fingerprint density at radius 1 is 1.23 bits per heavy atom. The molecule has 3 N–H and O–H groups in total. The number of alkyl halides is 2. The molecule has 0 radical (unpaired) electrons. The van der Waals surface area contributed by atoms with Crippen LogP contribution >= 0.6 is 0 Å². The molecule has 7 unspecified atom stereocenters. The number of aliphatic hydroxyl groups excluding tert-OH is 3. The molecule has 4 aliphatic carbocycles. The maximum atomic E-state index is 17.3. The third-order valence-electron chi connectivity index (χ3n) is 9.79. The highest BCUT2D eigenvalue weighted by molar-refractivity contribution is 6.01. The number of allylic oxidation sites excluding steroid dienone is 4. The van der Waals surface area contributed by atoms with Gasteiger partial charge in [-0.05, 0) is 68.4 Å². The molecular weight excluding hydrogens is 513 g/mol. The summed E-state index contributed by atoms with van der Waals surface area (Å²) >= 11 is 0. The molecule has 1 aromatic rings. The van der Waals surface area contributed by atoms with Crippen LogP contribution in [-0.4, -0.2) is 57.0 Å². The van der Waals surface area contributed by atoms with E-state index in [0.717, 1.165) is 12.1 Å². The molecule has 39 heavy (non-hydrogen) atoms. The molecule has 214 valence electrons. The quantitative estimate of drug-likeness (QED) is 0.467. The normalized spacial score (nSPS) is 41.4. The van der Waals surface area contributed by atoms with Gasteiger partial charge in [0.05, 0.1) is 6.10 Å². The van der Waals surface area contributed by atoms with E-state index < -0.39 is 76.5 Å². The summed E-state index contributed by atoms with van der Waals surface area (Å²) in [6, 6.07) is 5.03. The Morgan fingerprint density at radius 3 is 2.56 bits per heavy atom. The Balaban J connectivity index is 0.00000172. The molecule has 0 bridgehead atoms. The zero-order valence-electron chi connectivity index (χ0n) is 22.7. The molecule has 3 fully saturated rings. The maximum Gasteiger partial charge on any atom is 0.190 e. The van der Waals surface area contributed by atoms with Gasteiger partial charge >= 0.3 is 0 Å². The van der Waals surface area contributed by atoms with Crippen LogP contribution in [0.5, 0.6) is 0 Å². The number of carbonyl (C=O) groups excluding carboxylic acids is 2. The van der Waals surface area contributed by atoms with Crippen LogP contribution in [0.4, 0.5) is 13.2 Å². The second-order valence-corrected chi connectivity index (χ2v) is 11.3. The molecule has 5 rings (SSSR count). The lowest BCUT2D eigenvalue weighted by atomic mass is 9.44. The van der Waals surface area contributed by atoms with Crippen molar-refractivity contribution in [3.05, 3.63) is 59.4 Å². The lowest BCUT2D eigenvalue weighted by molar-refractivity contribution is -0.260. The Kier molecular flexibility index (Phi) is 7.79. The minimum atomic E-state index is -2.33. The average Bonchev–Trinajstić information content (AvgIpc) is 3.19. The van der Waals surface area contributed by atoms with Crippen molar-refractivity contribution in [3.8, 4) is 0 Å². The molecule has 4 aliphatic rings. The zero-order valence-corrected chi connectivity index (χ0v) is 22.7. The van der Waals surface area contributed by atoms with Gasteiger partial charge in [0, 0.05) is 22.3 Å². The second kappa shape index (κ2) is 10.3. The van der Waals surface area contributed by atoms with Crippen molar-refractivity contribution in [2.45, 2.75) is 83.2 Å². The topological polar surface area (TPSA) is 104 Å². The first-order valence-electron chi connectivity index (χ1n) is 13.6. The van der Waals surface area contributed by atoms with Crippen LogP contribution in [0, 0.1) is 28.5 Å². The number of carbonyl (C=O) groups is 2. The van der Waals surface area contributed by atoms with E-state index in [2.05, 4.69) is 0 Å². The summed E-state index contributed by atoms with van der Waals surface area (Å²) in [5.41, 5.74) is -6.97. The van der Waals surface area contributed by atoms with E-state index in [4.69, 9.17) is 4.74 Å². The second-order valence-electron chi connectivity index (χ2n) is 11.3. The van der Waals surface area contributed by atoms with Gasteiger partial charge < -0.3 is 20.1 Å². The van der Waals surface area contributed by atoms with Crippen LogP contribution in [0.1, 0.15) is 65.2 Å². The predicted octanol–water partition coefficient (Wildman–Crippen LogP) is 4.48. The van der Waals surface area contributed by atoms with Gasteiger partial charge in [-0.2, -0.15) is 0 Å². The van der Waals surface area contributed by atoms with Gasteiger partial charge in [-0.3, -0.25) is 9.59 Å². The molecule has 9 heteroatoms. The summed E-state index contributed by atoms with van der Waals surface area (Å²) in [7, 11) is 0. The van der Waals surface area contributed by atoms with Crippen molar-refractivity contribution in [1.29, 1.82) is 0 Å². The average molecular weight is 551 g/mol. The van der Waals surface area contributed by atoms with Gasteiger partial charge in [0.15, 0.2) is 23.5 Å². The van der Waals surface area contributed by atoms with Crippen LogP contribution in [-0.2, 0) is 14.3 Å². The summed E-state index contributed by atoms with van der Waals surface area (Å²) in [4.78, 5) is 25.3. The predicted molar refractivity (Wildman–Crippen MR) is 137 cm³/mol. The summed E-state index contributed by atoms with van der Waals surface area (Å²) < 4.78 is 52.6. The van der Waals surface area contributed by atoms with Crippen molar-refractivity contribution in [1.82, 2.24) is 0 Å². The first kappa shape index (κ1) is 29.6. The number of benzene rings is 1. The highest BCUT2D eigenvalue weighted by atomic mass is 19.1. The van der Waals surface area contributed by atoms with Gasteiger partial charge in [-0.25, -0.2) is 13.2 Å². The molecule has 0 aromatic heterocycles. The fourth-order valence-electron chi connectivity index (χ4n) is 7.96. The van der Waals surface area contributed by atoms with Crippen LogP contribution < -0.4 is 0 Å². The van der Waals surface area contributed by atoms with Crippen molar-refractivity contribution >= 4 is 11.6 Å². The first-order chi connectivity index (χ1) is 18.3. The molecule has 1 aromatic carbocycles. The molecule has 0 saturated heterocycles. The summed E-state index contributed by atoms with van der Waals surface area (Å²) in [6.07, 6.45) is -1.78. The van der Waals surface area contributed by atoms with Crippen molar-refractivity contribution < 1.29 is 42.8 Å². The number of hydrogen-bond donors (Lipinski definition) is 3. The van der Waals surface area contributed by atoms with E-state index in [1.807, 2.05) is 13.8 Å². The number of hydrogen-bond acceptors (Lipinski definition) is 6. The van der Waals surface area contributed by atoms with Gasteiger partial charge in [-0.15, -0.1) is 0 Å². The molecule has 0 spiro atoms. The van der Waals surface area contributed by atoms with Crippen molar-refractivity contribution in [2.75, 3.05) is 6.61 Å². The fourth-order valence-corrected chi connectivity index (χ4v) is 7.96. The monoisotopic (exact) mass is 550 g/mol. The van der Waals surface area contributed by atoms with Gasteiger partial charge in [0.1, 0.15) is 24.2 Å². The number of fused-ring (bicyclic) bond motifs is 5. The van der Waals surface area contributed by atoms with Crippen LogP contribution in [0.3, 0.4) is 0 Å². The lowest BCUT2D eigenvalue weighted by Crippen LogP contribution is -2.70. The maximum absolute atomic E-state index is 17.3. The Labute approximate surface area is 226 Å². The van der Waals surface area contributed by atoms with E-state index in [0.29, 0.717) is 0 Å². The molecule has 3 saturated carbocycles.